The Balaban J connectivity index is 1.87. The molecule has 0 bridgehead atoms. The summed E-state index contributed by atoms with van der Waals surface area (Å²) in [5, 5.41) is 3.27. The van der Waals surface area contributed by atoms with Crippen LogP contribution in [0.1, 0.15) is 24.8 Å². The lowest BCUT2D eigenvalue weighted by Crippen LogP contribution is -2.47. The summed E-state index contributed by atoms with van der Waals surface area (Å²) in [6.07, 6.45) is 6.73. The number of anilines is 1. The largest absolute Gasteiger partial charge is 0.359 e. The minimum Gasteiger partial charge on any atom is -0.359 e. The fourth-order valence-corrected chi connectivity index (χ4v) is 2.76. The summed E-state index contributed by atoms with van der Waals surface area (Å²) in [5.41, 5.74) is 8.40. The fourth-order valence-electron chi connectivity index (χ4n) is 2.76. The van der Waals surface area contributed by atoms with Crippen LogP contribution in [-0.2, 0) is 0 Å². The maximum Gasteiger partial charge on any atom is 0.315 e. The van der Waals surface area contributed by atoms with Crippen LogP contribution in [0.2, 0.25) is 0 Å². The predicted molar refractivity (Wildman–Crippen MR) is 79.7 cm³/mol. The number of carbonyl (C=O) groups is 1. The normalized spacial score (nSPS) is 21.5. The number of fused-ring (bicyclic) bond motifs is 1. The molecule has 2 heterocycles. The van der Waals surface area contributed by atoms with Crippen LogP contribution in [0.3, 0.4) is 0 Å². The number of aliphatic imine (C=N–C) groups is 1. The van der Waals surface area contributed by atoms with Crippen molar-refractivity contribution in [2.45, 2.75) is 25.3 Å². The maximum atomic E-state index is 11.6. The first-order valence-corrected chi connectivity index (χ1v) is 6.91. The van der Waals surface area contributed by atoms with Crippen molar-refractivity contribution in [1.29, 1.82) is 0 Å². The number of piperidine rings is 1. The molecule has 1 aromatic rings. The van der Waals surface area contributed by atoms with Gasteiger partial charge < -0.3 is 16.0 Å². The predicted octanol–water partition coefficient (Wildman–Crippen LogP) is 2.31. The summed E-state index contributed by atoms with van der Waals surface area (Å²) in [6, 6.07) is 7.58. The van der Waals surface area contributed by atoms with Crippen LogP contribution in [0, 0.1) is 0 Å². The Morgan fingerprint density at radius 1 is 1.35 bits per heavy atom. The Kier molecular flexibility index (Phi) is 3.41. The van der Waals surface area contributed by atoms with E-state index in [9.17, 15) is 4.79 Å². The van der Waals surface area contributed by atoms with Crippen LogP contribution < -0.4 is 11.1 Å². The zero-order valence-corrected chi connectivity index (χ0v) is 11.2. The average molecular weight is 270 g/mol. The maximum absolute atomic E-state index is 11.6. The van der Waals surface area contributed by atoms with Crippen LogP contribution in [-0.4, -0.2) is 29.7 Å². The molecule has 0 aromatic heterocycles. The number of urea groups is 1. The van der Waals surface area contributed by atoms with Gasteiger partial charge in [0.25, 0.3) is 0 Å². The van der Waals surface area contributed by atoms with Gasteiger partial charge in [-0.25, -0.2) is 4.79 Å². The number of primary amides is 1. The number of likely N-dealkylation sites (tertiary alicyclic amines) is 1. The second-order valence-corrected chi connectivity index (χ2v) is 5.10. The minimum atomic E-state index is -0.368. The van der Waals surface area contributed by atoms with E-state index < -0.39 is 0 Å². The van der Waals surface area contributed by atoms with Crippen LogP contribution >= 0.6 is 0 Å². The van der Waals surface area contributed by atoms with Gasteiger partial charge >= 0.3 is 6.03 Å². The van der Waals surface area contributed by atoms with E-state index in [4.69, 9.17) is 5.73 Å². The van der Waals surface area contributed by atoms with Crippen LogP contribution in [0.15, 0.2) is 41.2 Å². The molecule has 0 spiro atoms. The van der Waals surface area contributed by atoms with Crippen LogP contribution in [0.5, 0.6) is 0 Å². The molecule has 0 radical (unpaired) electrons. The third-order valence-corrected chi connectivity index (χ3v) is 3.82. The standard InChI is InChI=1S/C15H18N4O/c16-15(20)19-8-4-3-7-14(19)13-10-18-12-6-2-1-5-11(12)9-17-13/h1-2,5-6,9-10,14,18H,3-4,7-8H2,(H2,16,20). The summed E-state index contributed by atoms with van der Waals surface area (Å²) in [4.78, 5) is 17.8. The van der Waals surface area contributed by atoms with Gasteiger partial charge in [0, 0.05) is 30.2 Å². The second-order valence-electron chi connectivity index (χ2n) is 5.10. The molecule has 5 nitrogen and oxygen atoms in total. The van der Waals surface area contributed by atoms with Crippen LogP contribution in [0.25, 0.3) is 0 Å². The van der Waals surface area contributed by atoms with E-state index in [2.05, 4.69) is 10.3 Å². The zero-order valence-electron chi connectivity index (χ0n) is 11.2. The van der Waals surface area contributed by atoms with E-state index in [-0.39, 0.29) is 12.1 Å². The lowest BCUT2D eigenvalue weighted by Gasteiger charge is -2.34. The number of carbonyl (C=O) groups excluding carboxylic acids is 1. The number of para-hydroxylation sites is 1. The molecule has 0 saturated carbocycles. The summed E-state index contributed by atoms with van der Waals surface area (Å²) in [6.45, 7) is 0.708. The van der Waals surface area contributed by atoms with Crippen molar-refractivity contribution in [3.05, 3.63) is 41.7 Å². The van der Waals surface area contributed by atoms with E-state index in [1.165, 1.54) is 0 Å². The molecule has 1 aromatic carbocycles. The molecule has 2 amide bonds. The van der Waals surface area contributed by atoms with Crippen molar-refractivity contribution in [3.63, 3.8) is 0 Å². The molecule has 20 heavy (non-hydrogen) atoms. The fraction of sp³-hybridized carbons (Fsp3) is 0.333. The van der Waals surface area contributed by atoms with Crippen molar-refractivity contribution in [2.24, 2.45) is 10.7 Å². The SMILES string of the molecule is NC(=O)N1CCCCC1C1=CNc2ccccc2C=N1. The number of hydrogen-bond acceptors (Lipinski definition) is 3. The molecule has 0 aliphatic carbocycles. The Labute approximate surface area is 118 Å². The topological polar surface area (TPSA) is 70.7 Å². The van der Waals surface area contributed by atoms with Crippen molar-refractivity contribution in [2.75, 3.05) is 11.9 Å². The molecular formula is C15H18N4O. The highest BCUT2D eigenvalue weighted by Crippen LogP contribution is 2.26. The summed E-state index contributed by atoms with van der Waals surface area (Å²) < 4.78 is 0. The Hall–Kier alpha value is -2.30. The van der Waals surface area contributed by atoms with Gasteiger partial charge in [-0.2, -0.15) is 0 Å². The number of nitrogens with one attached hydrogen (secondary N) is 1. The number of rotatable bonds is 1. The van der Waals surface area contributed by atoms with Gasteiger partial charge in [0.2, 0.25) is 0 Å². The van der Waals surface area contributed by atoms with E-state index in [0.29, 0.717) is 6.54 Å². The summed E-state index contributed by atoms with van der Waals surface area (Å²) in [5.74, 6) is 0. The van der Waals surface area contributed by atoms with E-state index in [1.54, 1.807) is 4.90 Å². The van der Waals surface area contributed by atoms with Crippen molar-refractivity contribution < 1.29 is 4.79 Å². The average Bonchev–Trinajstić information content (AvgIpc) is 2.70. The quantitative estimate of drug-likeness (QED) is 0.822. The van der Waals surface area contributed by atoms with Gasteiger partial charge in [0.15, 0.2) is 0 Å². The highest BCUT2D eigenvalue weighted by atomic mass is 16.2. The molecule has 1 atom stereocenters. The molecule has 1 unspecified atom stereocenters. The Morgan fingerprint density at radius 3 is 3.05 bits per heavy atom. The third-order valence-electron chi connectivity index (χ3n) is 3.82. The second kappa shape index (κ2) is 5.36. The molecule has 3 rings (SSSR count). The lowest BCUT2D eigenvalue weighted by molar-refractivity contribution is 0.172. The first-order chi connectivity index (χ1) is 9.75. The van der Waals surface area contributed by atoms with Gasteiger partial charge in [-0.1, -0.05) is 18.2 Å². The molecule has 104 valence electrons. The highest BCUT2D eigenvalue weighted by Gasteiger charge is 2.28. The van der Waals surface area contributed by atoms with E-state index in [0.717, 1.165) is 36.2 Å². The number of nitrogens with two attached hydrogens (primary N) is 1. The van der Waals surface area contributed by atoms with E-state index >= 15 is 0 Å². The lowest BCUT2D eigenvalue weighted by atomic mass is 10.00. The molecular weight excluding hydrogens is 252 g/mol. The summed E-state index contributed by atoms with van der Waals surface area (Å²) >= 11 is 0. The summed E-state index contributed by atoms with van der Waals surface area (Å²) in [7, 11) is 0. The number of hydrogen-bond donors (Lipinski definition) is 2. The molecule has 2 aliphatic heterocycles. The van der Waals surface area contributed by atoms with E-state index in [1.807, 2.05) is 36.7 Å². The minimum absolute atomic E-state index is 0.0284. The highest BCUT2D eigenvalue weighted by molar-refractivity contribution is 5.89. The van der Waals surface area contributed by atoms with Gasteiger partial charge in [-0.05, 0) is 25.3 Å². The Bertz CT molecular complexity index is 579. The van der Waals surface area contributed by atoms with Crippen molar-refractivity contribution in [3.8, 4) is 0 Å². The van der Waals surface area contributed by atoms with Gasteiger partial charge in [0.05, 0.1) is 11.7 Å². The molecule has 2 aliphatic rings. The van der Waals surface area contributed by atoms with Crippen molar-refractivity contribution >= 4 is 17.9 Å². The number of nitrogens with zero attached hydrogens (tertiary/aromatic N) is 2. The molecule has 5 heteroatoms. The smallest absolute Gasteiger partial charge is 0.315 e. The molecule has 1 fully saturated rings. The van der Waals surface area contributed by atoms with Gasteiger partial charge in [-0.15, -0.1) is 0 Å². The zero-order chi connectivity index (χ0) is 13.9. The third kappa shape index (κ3) is 2.39. The van der Waals surface area contributed by atoms with Crippen molar-refractivity contribution in [1.82, 2.24) is 4.90 Å². The molecule has 1 saturated heterocycles. The van der Waals surface area contributed by atoms with Gasteiger partial charge in [0.1, 0.15) is 0 Å². The first kappa shape index (κ1) is 12.7. The number of amides is 2. The number of benzene rings is 1. The van der Waals surface area contributed by atoms with Gasteiger partial charge in [-0.3, -0.25) is 4.99 Å². The first-order valence-electron chi connectivity index (χ1n) is 6.91. The monoisotopic (exact) mass is 270 g/mol. The Morgan fingerprint density at radius 2 is 2.20 bits per heavy atom. The van der Waals surface area contributed by atoms with Crippen LogP contribution in [0.4, 0.5) is 10.5 Å². The molecule has 3 N–H and O–H groups in total.